The van der Waals surface area contributed by atoms with Crippen LogP contribution in [0.4, 0.5) is 5.69 Å². The molecular weight excluding hydrogens is 258 g/mol. The van der Waals surface area contributed by atoms with Crippen LogP contribution in [-0.4, -0.2) is 34.7 Å². The smallest absolute Gasteiger partial charge is 0.347 e. The molecule has 1 aliphatic heterocycles. The maximum absolute atomic E-state index is 11.2. The lowest BCUT2D eigenvalue weighted by atomic mass is 10.1. The minimum atomic E-state index is -1.37. The highest BCUT2D eigenvalue weighted by Crippen LogP contribution is 2.26. The number of nitro benzene ring substituents is 1. The summed E-state index contributed by atoms with van der Waals surface area (Å²) in [6.45, 7) is 0.207. The van der Waals surface area contributed by atoms with E-state index in [1.807, 2.05) is 0 Å². The molecule has 1 saturated heterocycles. The molecule has 1 unspecified atom stereocenters. The van der Waals surface area contributed by atoms with E-state index in [1.54, 1.807) is 0 Å². The van der Waals surface area contributed by atoms with Gasteiger partial charge in [-0.2, -0.15) is 0 Å². The molecule has 100 valence electrons. The summed E-state index contributed by atoms with van der Waals surface area (Å²) in [4.78, 5) is 32.1. The first-order valence-electron chi connectivity index (χ1n) is 5.34. The highest BCUT2D eigenvalue weighted by Gasteiger charge is 2.30. The molecule has 0 amide bonds. The first-order valence-corrected chi connectivity index (χ1v) is 5.34. The number of ether oxygens (including phenoxy) is 2. The van der Waals surface area contributed by atoms with Gasteiger partial charge in [0.15, 0.2) is 6.10 Å². The molecule has 0 spiro atoms. The molecule has 0 bridgehead atoms. The van der Waals surface area contributed by atoms with Gasteiger partial charge < -0.3 is 14.6 Å². The second kappa shape index (κ2) is 4.92. The fraction of sp³-hybridized carbons (Fsp3) is 0.273. The van der Waals surface area contributed by atoms with Gasteiger partial charge in [-0.15, -0.1) is 0 Å². The van der Waals surface area contributed by atoms with Gasteiger partial charge in [-0.05, 0) is 6.07 Å². The van der Waals surface area contributed by atoms with Gasteiger partial charge in [-0.25, -0.2) is 9.59 Å². The van der Waals surface area contributed by atoms with Crippen LogP contribution in [0.2, 0.25) is 0 Å². The Morgan fingerprint density at radius 2 is 2.26 bits per heavy atom. The van der Waals surface area contributed by atoms with Gasteiger partial charge >= 0.3 is 11.9 Å². The summed E-state index contributed by atoms with van der Waals surface area (Å²) in [6.07, 6.45) is -0.561. The van der Waals surface area contributed by atoms with Crippen LogP contribution in [-0.2, 0) is 9.53 Å². The molecule has 0 aromatic heterocycles. The second-order valence-electron chi connectivity index (χ2n) is 3.81. The number of aromatic carboxylic acids is 1. The standard InChI is InChI=1S/C11H9NO7/c13-10(14)7-5-6(12(16)17)1-2-8(7)19-9-3-4-18-11(9)15/h1-2,5,9H,3-4H2,(H,13,14). The van der Waals surface area contributed by atoms with Crippen molar-refractivity contribution in [2.45, 2.75) is 12.5 Å². The van der Waals surface area contributed by atoms with Crippen molar-refractivity contribution in [2.75, 3.05) is 6.61 Å². The lowest BCUT2D eigenvalue weighted by molar-refractivity contribution is -0.384. The summed E-state index contributed by atoms with van der Waals surface area (Å²) in [7, 11) is 0. The Morgan fingerprint density at radius 3 is 2.79 bits per heavy atom. The van der Waals surface area contributed by atoms with Crippen LogP contribution in [0, 0.1) is 10.1 Å². The lowest BCUT2D eigenvalue weighted by Gasteiger charge is -2.11. The number of nitro groups is 1. The predicted octanol–water partition coefficient (Wildman–Crippen LogP) is 0.987. The number of nitrogens with zero attached hydrogens (tertiary/aromatic N) is 1. The van der Waals surface area contributed by atoms with Crippen molar-refractivity contribution in [1.82, 2.24) is 0 Å². The molecule has 1 atom stereocenters. The summed E-state index contributed by atoms with van der Waals surface area (Å²) >= 11 is 0. The molecule has 8 nitrogen and oxygen atoms in total. The number of carboxylic acids is 1. The molecular formula is C11H9NO7. The van der Waals surface area contributed by atoms with Crippen molar-refractivity contribution >= 4 is 17.6 Å². The minimum absolute atomic E-state index is 0.0954. The number of carboxylic acid groups (broad SMARTS) is 1. The van der Waals surface area contributed by atoms with Crippen molar-refractivity contribution in [2.24, 2.45) is 0 Å². The third-order valence-corrected chi connectivity index (χ3v) is 2.56. The van der Waals surface area contributed by atoms with Crippen molar-refractivity contribution in [3.05, 3.63) is 33.9 Å². The molecule has 1 fully saturated rings. The summed E-state index contributed by atoms with van der Waals surface area (Å²) in [6, 6.07) is 3.16. The minimum Gasteiger partial charge on any atom is -0.478 e. The van der Waals surface area contributed by atoms with E-state index in [0.29, 0.717) is 6.42 Å². The number of hydrogen-bond donors (Lipinski definition) is 1. The van der Waals surface area contributed by atoms with E-state index < -0.39 is 23.0 Å². The third-order valence-electron chi connectivity index (χ3n) is 2.56. The molecule has 0 saturated carbocycles. The normalized spacial score (nSPS) is 17.9. The van der Waals surface area contributed by atoms with E-state index >= 15 is 0 Å². The zero-order chi connectivity index (χ0) is 14.0. The molecule has 0 radical (unpaired) electrons. The van der Waals surface area contributed by atoms with Gasteiger partial charge in [-0.3, -0.25) is 10.1 Å². The SMILES string of the molecule is O=C(O)c1cc([N+](=O)[O-])ccc1OC1CCOC1=O. The van der Waals surface area contributed by atoms with Gasteiger partial charge in [0.05, 0.1) is 11.5 Å². The second-order valence-corrected chi connectivity index (χ2v) is 3.81. The Kier molecular flexibility index (Phi) is 3.32. The number of rotatable bonds is 4. The number of carbonyl (C=O) groups excluding carboxylic acids is 1. The van der Waals surface area contributed by atoms with Crippen LogP contribution in [0.3, 0.4) is 0 Å². The molecule has 2 rings (SSSR count). The van der Waals surface area contributed by atoms with Crippen molar-refractivity contribution < 1.29 is 29.1 Å². The quantitative estimate of drug-likeness (QED) is 0.491. The average molecular weight is 267 g/mol. The molecule has 19 heavy (non-hydrogen) atoms. The predicted molar refractivity (Wildman–Crippen MR) is 60.0 cm³/mol. The number of non-ortho nitro benzene ring substituents is 1. The lowest BCUT2D eigenvalue weighted by Crippen LogP contribution is -2.22. The summed E-state index contributed by atoms with van der Waals surface area (Å²) in [5.41, 5.74) is -0.729. The molecule has 1 aromatic rings. The Bertz CT molecular complexity index is 554. The fourth-order valence-electron chi connectivity index (χ4n) is 1.64. The van der Waals surface area contributed by atoms with E-state index in [-0.39, 0.29) is 23.6 Å². The number of hydrogen-bond acceptors (Lipinski definition) is 6. The van der Waals surface area contributed by atoms with Gasteiger partial charge in [0, 0.05) is 18.6 Å². The van der Waals surface area contributed by atoms with Crippen LogP contribution in [0.25, 0.3) is 0 Å². The van der Waals surface area contributed by atoms with Crippen LogP contribution in [0.15, 0.2) is 18.2 Å². The van der Waals surface area contributed by atoms with Crippen LogP contribution in [0.1, 0.15) is 16.8 Å². The largest absolute Gasteiger partial charge is 0.478 e. The zero-order valence-corrected chi connectivity index (χ0v) is 9.57. The Morgan fingerprint density at radius 1 is 1.53 bits per heavy atom. The topological polar surface area (TPSA) is 116 Å². The van der Waals surface area contributed by atoms with Crippen LogP contribution in [0.5, 0.6) is 5.75 Å². The summed E-state index contributed by atoms with van der Waals surface area (Å²) in [5, 5.41) is 19.6. The van der Waals surface area contributed by atoms with E-state index in [2.05, 4.69) is 4.74 Å². The average Bonchev–Trinajstić information content (AvgIpc) is 2.75. The Balaban J connectivity index is 2.31. The van der Waals surface area contributed by atoms with Crippen molar-refractivity contribution in [3.8, 4) is 5.75 Å². The first kappa shape index (κ1) is 12.8. The Hall–Kier alpha value is -2.64. The Labute approximate surface area is 106 Å². The maximum atomic E-state index is 11.2. The number of cyclic esters (lactones) is 1. The summed E-state index contributed by atoms with van der Waals surface area (Å²) in [5.74, 6) is -2.04. The van der Waals surface area contributed by atoms with Crippen LogP contribution >= 0.6 is 0 Å². The molecule has 1 N–H and O–H groups in total. The summed E-state index contributed by atoms with van der Waals surface area (Å²) < 4.78 is 9.92. The highest BCUT2D eigenvalue weighted by atomic mass is 16.6. The molecule has 8 heteroatoms. The third kappa shape index (κ3) is 2.62. The van der Waals surface area contributed by atoms with Crippen molar-refractivity contribution in [1.29, 1.82) is 0 Å². The van der Waals surface area contributed by atoms with Crippen LogP contribution < -0.4 is 4.74 Å². The van der Waals surface area contributed by atoms with E-state index in [1.165, 1.54) is 0 Å². The maximum Gasteiger partial charge on any atom is 0.347 e. The van der Waals surface area contributed by atoms with E-state index in [0.717, 1.165) is 18.2 Å². The molecule has 1 aliphatic rings. The van der Waals surface area contributed by atoms with Gasteiger partial charge in [0.2, 0.25) is 0 Å². The molecule has 1 aromatic carbocycles. The monoisotopic (exact) mass is 267 g/mol. The van der Waals surface area contributed by atoms with E-state index in [9.17, 15) is 19.7 Å². The van der Waals surface area contributed by atoms with Gasteiger partial charge in [0.1, 0.15) is 11.3 Å². The first-order chi connectivity index (χ1) is 8.99. The molecule has 1 heterocycles. The molecule has 0 aliphatic carbocycles. The number of benzene rings is 1. The number of esters is 1. The van der Waals surface area contributed by atoms with E-state index in [4.69, 9.17) is 9.84 Å². The highest BCUT2D eigenvalue weighted by molar-refractivity contribution is 5.92. The van der Waals surface area contributed by atoms with Crippen molar-refractivity contribution in [3.63, 3.8) is 0 Å². The van der Waals surface area contributed by atoms with Gasteiger partial charge in [-0.1, -0.05) is 0 Å². The zero-order valence-electron chi connectivity index (χ0n) is 9.57. The van der Waals surface area contributed by atoms with Gasteiger partial charge in [0.25, 0.3) is 5.69 Å². The number of carbonyl (C=O) groups is 2. The fourth-order valence-corrected chi connectivity index (χ4v) is 1.64.